The summed E-state index contributed by atoms with van der Waals surface area (Å²) >= 11 is 0. The molecule has 65 heavy (non-hydrogen) atoms. The van der Waals surface area contributed by atoms with Gasteiger partial charge >= 0.3 is 5.97 Å². The highest BCUT2D eigenvalue weighted by Gasteiger charge is 2.24. The Morgan fingerprint density at radius 2 is 0.769 bits per heavy atom. The fourth-order valence-electron chi connectivity index (χ4n) is 9.13. The number of rotatable bonds is 53. The third-order valence-electron chi connectivity index (χ3n) is 13.6. The molecule has 3 unspecified atom stereocenters. The van der Waals surface area contributed by atoms with E-state index in [2.05, 4.69) is 50.4 Å². The molecule has 384 valence electrons. The SMILES string of the molecule is CCCCCCCCC/C=C/C=C/CCCCCC(CC(=O)NC(CO)C(O)CCCCCCCCCCCCCC)OC(=O)CCCCCCCCCCCCCCCCCCCC. The summed E-state index contributed by atoms with van der Waals surface area (Å²) in [6.45, 7) is 6.51. The lowest BCUT2D eigenvalue weighted by Gasteiger charge is -2.24. The van der Waals surface area contributed by atoms with Crippen molar-refractivity contribution in [1.29, 1.82) is 0 Å². The first kappa shape index (κ1) is 63.3. The molecule has 0 rings (SSSR count). The van der Waals surface area contributed by atoms with Crippen molar-refractivity contribution in [3.63, 3.8) is 0 Å². The normalized spacial score (nSPS) is 13.2. The molecule has 0 aromatic heterocycles. The molecule has 6 nitrogen and oxygen atoms in total. The van der Waals surface area contributed by atoms with Crippen molar-refractivity contribution in [2.75, 3.05) is 6.61 Å². The number of hydrogen-bond acceptors (Lipinski definition) is 5. The lowest BCUT2D eigenvalue weighted by Crippen LogP contribution is -2.46. The minimum Gasteiger partial charge on any atom is -0.462 e. The van der Waals surface area contributed by atoms with Gasteiger partial charge < -0.3 is 20.3 Å². The number of aliphatic hydroxyl groups excluding tert-OH is 2. The molecule has 0 bridgehead atoms. The number of unbranched alkanes of at least 4 members (excludes halogenated alkanes) is 38. The van der Waals surface area contributed by atoms with Gasteiger partial charge in [-0.2, -0.15) is 0 Å². The Morgan fingerprint density at radius 1 is 0.446 bits per heavy atom. The van der Waals surface area contributed by atoms with Gasteiger partial charge in [0.25, 0.3) is 0 Å². The van der Waals surface area contributed by atoms with E-state index in [0.717, 1.165) is 70.6 Å². The Kier molecular flexibility index (Phi) is 51.9. The molecule has 1 amide bonds. The standard InChI is InChI=1S/C59H113NO5/c1-4-7-10-13-16-19-22-25-27-29-30-32-34-37-40-43-46-49-52-59(64)65-55(50-47-44-41-38-35-33-31-28-26-23-20-17-14-11-8-5-2)53-58(63)60-56(54-61)57(62)51-48-45-42-39-36-24-21-18-15-12-9-6-3/h28,31,33,35,55-57,61-62H,4-27,29-30,32,34,36-54H2,1-3H3,(H,60,63)/b31-28+,35-33+. The predicted octanol–water partition coefficient (Wildman–Crippen LogP) is 17.9. The lowest BCUT2D eigenvalue weighted by molar-refractivity contribution is -0.151. The van der Waals surface area contributed by atoms with Gasteiger partial charge in [0, 0.05) is 6.42 Å². The van der Waals surface area contributed by atoms with Crippen LogP contribution in [0.2, 0.25) is 0 Å². The zero-order valence-corrected chi connectivity index (χ0v) is 43.9. The number of amides is 1. The highest BCUT2D eigenvalue weighted by atomic mass is 16.5. The van der Waals surface area contributed by atoms with Crippen LogP contribution < -0.4 is 5.32 Å². The van der Waals surface area contributed by atoms with Gasteiger partial charge in [-0.1, -0.05) is 276 Å². The Morgan fingerprint density at radius 3 is 1.15 bits per heavy atom. The largest absolute Gasteiger partial charge is 0.462 e. The summed E-state index contributed by atoms with van der Waals surface area (Å²) in [5, 5.41) is 23.8. The molecule has 0 saturated carbocycles. The second-order valence-electron chi connectivity index (χ2n) is 20.1. The fourth-order valence-corrected chi connectivity index (χ4v) is 9.13. The minimum absolute atomic E-state index is 0.0656. The van der Waals surface area contributed by atoms with Crippen LogP contribution >= 0.6 is 0 Å². The van der Waals surface area contributed by atoms with Crippen molar-refractivity contribution in [3.05, 3.63) is 24.3 Å². The Hall–Kier alpha value is -1.66. The Bertz CT molecular complexity index is 1030. The molecular weight excluding hydrogens is 803 g/mol. The van der Waals surface area contributed by atoms with Gasteiger partial charge in [0.2, 0.25) is 5.91 Å². The topological polar surface area (TPSA) is 95.9 Å². The summed E-state index contributed by atoms with van der Waals surface area (Å²) < 4.78 is 5.96. The lowest BCUT2D eigenvalue weighted by atomic mass is 10.0. The maximum absolute atomic E-state index is 13.2. The molecule has 0 aliphatic rings. The van der Waals surface area contributed by atoms with E-state index in [-0.39, 0.29) is 24.9 Å². The van der Waals surface area contributed by atoms with Crippen molar-refractivity contribution >= 4 is 11.9 Å². The number of carbonyl (C=O) groups is 2. The van der Waals surface area contributed by atoms with Crippen molar-refractivity contribution in [2.45, 2.75) is 334 Å². The number of nitrogens with one attached hydrogen (secondary N) is 1. The van der Waals surface area contributed by atoms with Crippen molar-refractivity contribution in [2.24, 2.45) is 0 Å². The molecule has 0 heterocycles. The first-order valence-electron chi connectivity index (χ1n) is 29.1. The molecule has 3 N–H and O–H groups in total. The van der Waals surface area contributed by atoms with Crippen LogP contribution in [-0.2, 0) is 14.3 Å². The molecule has 0 radical (unpaired) electrons. The molecule has 3 atom stereocenters. The van der Waals surface area contributed by atoms with Gasteiger partial charge in [-0.25, -0.2) is 0 Å². The third kappa shape index (κ3) is 48.6. The molecule has 0 aromatic rings. The molecule has 6 heteroatoms. The fraction of sp³-hybridized carbons (Fsp3) is 0.898. The molecule has 0 aliphatic carbocycles. The second-order valence-corrected chi connectivity index (χ2v) is 20.1. The van der Waals surface area contributed by atoms with Gasteiger partial charge in [-0.3, -0.25) is 9.59 Å². The van der Waals surface area contributed by atoms with E-state index in [1.807, 2.05) is 0 Å². The van der Waals surface area contributed by atoms with Gasteiger partial charge in [0.05, 0.1) is 25.2 Å². The zero-order chi connectivity index (χ0) is 47.4. The van der Waals surface area contributed by atoms with Gasteiger partial charge in [0.15, 0.2) is 0 Å². The number of carbonyl (C=O) groups excluding carboxylic acids is 2. The third-order valence-corrected chi connectivity index (χ3v) is 13.6. The Labute approximate surface area is 405 Å². The summed E-state index contributed by atoms with van der Waals surface area (Å²) in [5.74, 6) is -0.480. The van der Waals surface area contributed by atoms with E-state index in [4.69, 9.17) is 4.74 Å². The number of hydrogen-bond donors (Lipinski definition) is 3. The number of aliphatic hydroxyl groups is 2. The molecule has 0 aromatic carbocycles. The first-order chi connectivity index (χ1) is 32.0. The van der Waals surface area contributed by atoms with Crippen LogP contribution in [0.5, 0.6) is 0 Å². The van der Waals surface area contributed by atoms with E-state index < -0.39 is 18.2 Å². The van der Waals surface area contributed by atoms with E-state index >= 15 is 0 Å². The van der Waals surface area contributed by atoms with Crippen LogP contribution in [0.3, 0.4) is 0 Å². The number of esters is 1. The van der Waals surface area contributed by atoms with E-state index in [0.29, 0.717) is 19.3 Å². The maximum atomic E-state index is 13.2. The summed E-state index contributed by atoms with van der Waals surface area (Å²) in [7, 11) is 0. The highest BCUT2D eigenvalue weighted by Crippen LogP contribution is 2.19. The van der Waals surface area contributed by atoms with Crippen LogP contribution in [0, 0.1) is 0 Å². The average molecular weight is 917 g/mol. The Balaban J connectivity index is 4.55. The monoisotopic (exact) mass is 916 g/mol. The first-order valence-corrected chi connectivity index (χ1v) is 29.1. The maximum Gasteiger partial charge on any atom is 0.306 e. The highest BCUT2D eigenvalue weighted by molar-refractivity contribution is 5.77. The summed E-state index contributed by atoms with van der Waals surface area (Å²) in [4.78, 5) is 26.3. The van der Waals surface area contributed by atoms with Crippen LogP contribution in [0.25, 0.3) is 0 Å². The van der Waals surface area contributed by atoms with E-state index in [9.17, 15) is 19.8 Å². The summed E-state index contributed by atoms with van der Waals surface area (Å²) in [5.41, 5.74) is 0. The smallest absolute Gasteiger partial charge is 0.306 e. The minimum atomic E-state index is -0.791. The van der Waals surface area contributed by atoms with Crippen molar-refractivity contribution < 1.29 is 24.5 Å². The quantitative estimate of drug-likeness (QED) is 0.0321. The molecule has 0 spiro atoms. The molecule has 0 fully saturated rings. The van der Waals surface area contributed by atoms with Gasteiger partial charge in [0.1, 0.15) is 6.10 Å². The van der Waals surface area contributed by atoms with Crippen molar-refractivity contribution in [3.8, 4) is 0 Å². The molecule has 0 saturated heterocycles. The van der Waals surface area contributed by atoms with E-state index in [1.165, 1.54) is 199 Å². The van der Waals surface area contributed by atoms with Gasteiger partial charge in [-0.05, 0) is 51.4 Å². The summed E-state index contributed by atoms with van der Waals surface area (Å²) in [6.07, 6.45) is 62.5. The van der Waals surface area contributed by atoms with Crippen LogP contribution in [0.1, 0.15) is 316 Å². The van der Waals surface area contributed by atoms with Crippen LogP contribution in [0.15, 0.2) is 24.3 Å². The van der Waals surface area contributed by atoms with Crippen molar-refractivity contribution in [1.82, 2.24) is 5.32 Å². The number of allylic oxidation sites excluding steroid dienone is 4. The average Bonchev–Trinajstić information content (AvgIpc) is 3.30. The second kappa shape index (κ2) is 53.3. The predicted molar refractivity (Wildman–Crippen MR) is 283 cm³/mol. The number of ether oxygens (including phenoxy) is 1. The van der Waals surface area contributed by atoms with Crippen LogP contribution in [-0.4, -0.2) is 46.9 Å². The molecular formula is C59H113NO5. The summed E-state index contributed by atoms with van der Waals surface area (Å²) in [6, 6.07) is -0.706. The van der Waals surface area contributed by atoms with Crippen LogP contribution in [0.4, 0.5) is 0 Å². The zero-order valence-electron chi connectivity index (χ0n) is 43.9. The van der Waals surface area contributed by atoms with Gasteiger partial charge in [-0.15, -0.1) is 0 Å². The molecule has 0 aliphatic heterocycles. The van der Waals surface area contributed by atoms with E-state index in [1.54, 1.807) is 0 Å².